The number of carbonyl (C=O) groups is 3. The van der Waals surface area contributed by atoms with Crippen molar-refractivity contribution in [2.75, 3.05) is 36.4 Å². The minimum Gasteiger partial charge on any atom is -0.378 e. The molecule has 4 heterocycles. The first-order valence-electron chi connectivity index (χ1n) is 11.0. The van der Waals surface area contributed by atoms with Crippen LogP contribution in [0.2, 0.25) is 0 Å². The Bertz CT molecular complexity index is 1070. The summed E-state index contributed by atoms with van der Waals surface area (Å²) in [5.74, 6) is 0.136. The van der Waals surface area contributed by atoms with Gasteiger partial charge in [0.05, 0.1) is 5.69 Å². The van der Waals surface area contributed by atoms with Gasteiger partial charge in [-0.2, -0.15) is 0 Å². The Hall–Kier alpha value is -3.46. The number of benzene rings is 1. The van der Waals surface area contributed by atoms with E-state index >= 15 is 0 Å². The standard InChI is InChI=1S/C23H26N6O3/c30-20-6-5-19(22(31)27-20)29-14-16-12-15(3-4-17(16)23(29)32)13-26-18-2-1-7-25-21(18)28-10-8-24-9-11-28/h1-4,7,12,19,24,26H,5-6,8-11,13-14H2,(H,27,30,31). The molecular weight excluding hydrogens is 408 g/mol. The molecule has 0 spiro atoms. The van der Waals surface area contributed by atoms with Crippen LogP contribution in [0.4, 0.5) is 11.5 Å². The average molecular weight is 435 g/mol. The molecule has 0 bridgehead atoms. The van der Waals surface area contributed by atoms with Gasteiger partial charge in [0.2, 0.25) is 11.8 Å². The number of carbonyl (C=O) groups excluding carboxylic acids is 3. The molecule has 5 rings (SSSR count). The van der Waals surface area contributed by atoms with Crippen LogP contribution in [0.25, 0.3) is 0 Å². The van der Waals surface area contributed by atoms with Crippen molar-refractivity contribution < 1.29 is 14.4 Å². The fraction of sp³-hybridized carbons (Fsp3) is 0.391. The van der Waals surface area contributed by atoms with E-state index in [1.165, 1.54) is 0 Å². The number of amides is 3. The molecule has 0 radical (unpaired) electrons. The van der Waals surface area contributed by atoms with Crippen LogP contribution in [0.5, 0.6) is 0 Å². The van der Waals surface area contributed by atoms with E-state index in [-0.39, 0.29) is 24.1 Å². The summed E-state index contributed by atoms with van der Waals surface area (Å²) in [6.07, 6.45) is 2.44. The topological polar surface area (TPSA) is 107 Å². The van der Waals surface area contributed by atoms with Gasteiger partial charge < -0.3 is 20.4 Å². The van der Waals surface area contributed by atoms with Crippen LogP contribution < -0.4 is 20.9 Å². The van der Waals surface area contributed by atoms with E-state index in [0.717, 1.165) is 48.8 Å². The summed E-state index contributed by atoms with van der Waals surface area (Å²) < 4.78 is 0. The molecule has 166 valence electrons. The second-order valence-corrected chi connectivity index (χ2v) is 8.36. The second kappa shape index (κ2) is 8.58. The van der Waals surface area contributed by atoms with Crippen molar-refractivity contribution in [1.82, 2.24) is 20.5 Å². The SMILES string of the molecule is O=C1CCC(N2Cc3cc(CNc4cccnc4N4CCNCC4)ccc3C2=O)C(=O)N1. The molecule has 3 N–H and O–H groups in total. The van der Waals surface area contributed by atoms with Crippen LogP contribution >= 0.6 is 0 Å². The predicted molar refractivity (Wildman–Crippen MR) is 119 cm³/mol. The number of pyridine rings is 1. The Balaban J connectivity index is 1.28. The van der Waals surface area contributed by atoms with Gasteiger partial charge in [-0.15, -0.1) is 0 Å². The number of piperidine rings is 1. The number of aromatic nitrogens is 1. The minimum atomic E-state index is -0.592. The fourth-order valence-electron chi connectivity index (χ4n) is 4.60. The van der Waals surface area contributed by atoms with Crippen molar-refractivity contribution in [3.05, 3.63) is 53.2 Å². The van der Waals surface area contributed by atoms with Gasteiger partial charge >= 0.3 is 0 Å². The number of piperazine rings is 1. The van der Waals surface area contributed by atoms with Gasteiger partial charge in [-0.05, 0) is 35.7 Å². The first kappa shape index (κ1) is 20.4. The molecule has 3 aliphatic rings. The van der Waals surface area contributed by atoms with Gasteiger partial charge in [-0.3, -0.25) is 19.7 Å². The van der Waals surface area contributed by atoms with Crippen LogP contribution in [-0.2, 0) is 22.7 Å². The molecule has 0 saturated carbocycles. The summed E-state index contributed by atoms with van der Waals surface area (Å²) in [5.41, 5.74) is 3.57. The lowest BCUT2D eigenvalue weighted by Crippen LogP contribution is -2.52. The number of hydrogen-bond donors (Lipinski definition) is 3. The van der Waals surface area contributed by atoms with E-state index in [9.17, 15) is 14.4 Å². The molecule has 2 saturated heterocycles. The molecule has 32 heavy (non-hydrogen) atoms. The first-order valence-corrected chi connectivity index (χ1v) is 11.0. The summed E-state index contributed by atoms with van der Waals surface area (Å²) in [5, 5.41) is 9.19. The fourth-order valence-corrected chi connectivity index (χ4v) is 4.60. The third-order valence-corrected chi connectivity index (χ3v) is 6.27. The monoisotopic (exact) mass is 434 g/mol. The quantitative estimate of drug-likeness (QED) is 0.600. The molecule has 1 aromatic heterocycles. The number of fused-ring (bicyclic) bond motifs is 1. The minimum absolute atomic E-state index is 0.151. The Kier molecular flexibility index (Phi) is 5.48. The zero-order chi connectivity index (χ0) is 22.1. The molecular formula is C23H26N6O3. The second-order valence-electron chi connectivity index (χ2n) is 8.36. The van der Waals surface area contributed by atoms with Gasteiger partial charge in [0.15, 0.2) is 5.82 Å². The van der Waals surface area contributed by atoms with Crippen LogP contribution in [0.3, 0.4) is 0 Å². The predicted octanol–water partition coefficient (Wildman–Crippen LogP) is 0.864. The van der Waals surface area contributed by atoms with Gasteiger partial charge in [0.25, 0.3) is 5.91 Å². The van der Waals surface area contributed by atoms with Crippen molar-refractivity contribution in [2.45, 2.75) is 32.0 Å². The van der Waals surface area contributed by atoms with Gasteiger partial charge in [-0.1, -0.05) is 12.1 Å². The lowest BCUT2D eigenvalue weighted by Gasteiger charge is -2.30. The molecule has 9 nitrogen and oxygen atoms in total. The Morgan fingerprint density at radius 2 is 1.97 bits per heavy atom. The Morgan fingerprint density at radius 3 is 2.78 bits per heavy atom. The lowest BCUT2D eigenvalue weighted by atomic mass is 10.0. The molecule has 2 fully saturated rings. The molecule has 9 heteroatoms. The number of nitrogens with one attached hydrogen (secondary N) is 3. The highest BCUT2D eigenvalue weighted by molar-refractivity contribution is 6.05. The Labute approximate surface area is 186 Å². The Morgan fingerprint density at radius 1 is 1.12 bits per heavy atom. The maximum atomic E-state index is 12.9. The van der Waals surface area contributed by atoms with E-state index in [1.54, 1.807) is 4.90 Å². The number of imide groups is 1. The van der Waals surface area contributed by atoms with Gasteiger partial charge in [0.1, 0.15) is 6.04 Å². The highest BCUT2D eigenvalue weighted by atomic mass is 16.2. The molecule has 1 atom stereocenters. The molecule has 2 aromatic rings. The van der Waals surface area contributed by atoms with Crippen LogP contribution in [0.15, 0.2) is 36.5 Å². The van der Waals surface area contributed by atoms with E-state index in [4.69, 9.17) is 0 Å². The maximum absolute atomic E-state index is 12.9. The maximum Gasteiger partial charge on any atom is 0.255 e. The highest BCUT2D eigenvalue weighted by Crippen LogP contribution is 2.29. The van der Waals surface area contributed by atoms with E-state index in [0.29, 0.717) is 25.1 Å². The van der Waals surface area contributed by atoms with E-state index < -0.39 is 6.04 Å². The third-order valence-electron chi connectivity index (χ3n) is 6.27. The van der Waals surface area contributed by atoms with Crippen molar-refractivity contribution in [1.29, 1.82) is 0 Å². The van der Waals surface area contributed by atoms with Gasteiger partial charge in [-0.25, -0.2) is 4.98 Å². The summed E-state index contributed by atoms with van der Waals surface area (Å²) in [7, 11) is 0. The zero-order valence-electron chi connectivity index (χ0n) is 17.8. The number of anilines is 2. The summed E-state index contributed by atoms with van der Waals surface area (Å²) >= 11 is 0. The van der Waals surface area contributed by atoms with E-state index in [1.807, 2.05) is 36.5 Å². The third kappa shape index (κ3) is 3.91. The van der Waals surface area contributed by atoms with Crippen molar-refractivity contribution >= 4 is 29.2 Å². The summed E-state index contributed by atoms with van der Waals surface area (Å²) in [6, 6.07) is 9.16. The molecule has 3 aliphatic heterocycles. The number of nitrogens with zero attached hydrogens (tertiary/aromatic N) is 3. The molecule has 0 aliphatic carbocycles. The molecule has 1 unspecified atom stereocenters. The van der Waals surface area contributed by atoms with Crippen LogP contribution in [0.1, 0.15) is 34.3 Å². The largest absolute Gasteiger partial charge is 0.378 e. The van der Waals surface area contributed by atoms with Crippen LogP contribution in [0, 0.1) is 0 Å². The summed E-state index contributed by atoms with van der Waals surface area (Å²) in [4.78, 5) is 45.0. The number of hydrogen-bond acceptors (Lipinski definition) is 7. The lowest BCUT2D eigenvalue weighted by molar-refractivity contribution is -0.136. The average Bonchev–Trinajstić information content (AvgIpc) is 3.14. The summed E-state index contributed by atoms with van der Waals surface area (Å²) in [6.45, 7) is 4.71. The van der Waals surface area contributed by atoms with Crippen LogP contribution in [-0.4, -0.2) is 59.8 Å². The smallest absolute Gasteiger partial charge is 0.255 e. The zero-order valence-corrected chi connectivity index (χ0v) is 17.8. The molecule has 3 amide bonds. The normalized spacial score (nSPS) is 20.9. The van der Waals surface area contributed by atoms with Crippen molar-refractivity contribution in [3.63, 3.8) is 0 Å². The highest BCUT2D eigenvalue weighted by Gasteiger charge is 2.39. The first-order chi connectivity index (χ1) is 15.6. The van der Waals surface area contributed by atoms with E-state index in [2.05, 4.69) is 25.8 Å². The number of rotatable bonds is 5. The molecule has 1 aromatic carbocycles. The van der Waals surface area contributed by atoms with Gasteiger partial charge in [0, 0.05) is 57.4 Å². The van der Waals surface area contributed by atoms with Crippen molar-refractivity contribution in [3.8, 4) is 0 Å². The van der Waals surface area contributed by atoms with Crippen molar-refractivity contribution in [2.24, 2.45) is 0 Å².